The van der Waals surface area contributed by atoms with Gasteiger partial charge >= 0.3 is 0 Å². The van der Waals surface area contributed by atoms with Gasteiger partial charge in [-0.15, -0.1) is 0 Å². The summed E-state index contributed by atoms with van der Waals surface area (Å²) in [4.78, 5) is 2.51. The van der Waals surface area contributed by atoms with E-state index >= 15 is 0 Å². The summed E-state index contributed by atoms with van der Waals surface area (Å²) in [5.74, 6) is 0. The van der Waals surface area contributed by atoms with Gasteiger partial charge in [-0.25, -0.2) is 0 Å². The molecule has 1 unspecified atom stereocenters. The maximum Gasteiger partial charge on any atom is 0.0594 e. The lowest BCUT2D eigenvalue weighted by atomic mass is 10.2. The summed E-state index contributed by atoms with van der Waals surface area (Å²) < 4.78 is 5.30. The summed E-state index contributed by atoms with van der Waals surface area (Å²) in [7, 11) is 0. The lowest BCUT2D eigenvalue weighted by molar-refractivity contribution is 0.0344. The van der Waals surface area contributed by atoms with E-state index in [0.717, 1.165) is 32.3 Å². The predicted molar refractivity (Wildman–Crippen MR) is 48.3 cm³/mol. The van der Waals surface area contributed by atoms with Crippen molar-refractivity contribution in [2.24, 2.45) is 0 Å². The highest BCUT2D eigenvalue weighted by Gasteiger charge is 2.18. The fraction of sp³-hybridized carbons (Fsp3) is 1.00. The fourth-order valence-electron chi connectivity index (χ4n) is 2.01. The molecule has 12 heavy (non-hydrogen) atoms. The van der Waals surface area contributed by atoms with E-state index in [-0.39, 0.29) is 0 Å². The van der Waals surface area contributed by atoms with Crippen LogP contribution in [0.3, 0.4) is 0 Å². The molecule has 2 heterocycles. The Bertz CT molecular complexity index is 128. The van der Waals surface area contributed by atoms with Gasteiger partial charge in [-0.1, -0.05) is 0 Å². The van der Waals surface area contributed by atoms with Crippen molar-refractivity contribution >= 4 is 0 Å². The molecule has 0 spiro atoms. The number of nitrogens with one attached hydrogen (secondary N) is 1. The summed E-state index contributed by atoms with van der Waals surface area (Å²) in [6.07, 6.45) is 2.71. The summed E-state index contributed by atoms with van der Waals surface area (Å²) in [5.41, 5.74) is 0. The zero-order valence-electron chi connectivity index (χ0n) is 7.59. The molecule has 0 aromatic carbocycles. The summed E-state index contributed by atoms with van der Waals surface area (Å²) in [5, 5.41) is 3.52. The monoisotopic (exact) mass is 170 g/mol. The third kappa shape index (κ3) is 2.19. The molecule has 0 aromatic rings. The molecular formula is C9H18N2O. The fourth-order valence-corrected chi connectivity index (χ4v) is 2.01. The average Bonchev–Trinajstić information content (AvgIpc) is 2.59. The van der Waals surface area contributed by atoms with E-state index in [2.05, 4.69) is 10.2 Å². The van der Waals surface area contributed by atoms with Crippen LogP contribution < -0.4 is 5.32 Å². The number of ether oxygens (including phenoxy) is 1. The van der Waals surface area contributed by atoms with Crippen molar-refractivity contribution in [3.8, 4) is 0 Å². The summed E-state index contributed by atoms with van der Waals surface area (Å²) in [6.45, 7) is 6.54. The molecule has 2 rings (SSSR count). The van der Waals surface area contributed by atoms with Crippen molar-refractivity contribution in [1.82, 2.24) is 10.2 Å². The second kappa shape index (κ2) is 4.21. The maximum absolute atomic E-state index is 5.30. The first kappa shape index (κ1) is 8.48. The molecule has 1 atom stereocenters. The Morgan fingerprint density at radius 3 is 2.83 bits per heavy atom. The average molecular weight is 170 g/mol. The van der Waals surface area contributed by atoms with Gasteiger partial charge in [0, 0.05) is 25.7 Å². The normalized spacial score (nSPS) is 32.5. The molecule has 70 valence electrons. The SMILES string of the molecule is C1CNC(CN2CCOCC2)C1. The highest BCUT2D eigenvalue weighted by atomic mass is 16.5. The predicted octanol–water partition coefficient (Wildman–Crippen LogP) is 0.0706. The largest absolute Gasteiger partial charge is 0.379 e. The van der Waals surface area contributed by atoms with Crippen molar-refractivity contribution in [1.29, 1.82) is 0 Å². The first-order valence-electron chi connectivity index (χ1n) is 4.98. The molecule has 2 fully saturated rings. The molecule has 3 heteroatoms. The minimum absolute atomic E-state index is 0.753. The minimum Gasteiger partial charge on any atom is -0.379 e. The van der Waals surface area contributed by atoms with Gasteiger partial charge in [0.15, 0.2) is 0 Å². The quantitative estimate of drug-likeness (QED) is 0.635. The Morgan fingerprint density at radius 1 is 1.33 bits per heavy atom. The zero-order valence-corrected chi connectivity index (χ0v) is 7.59. The minimum atomic E-state index is 0.753. The molecule has 2 aliphatic heterocycles. The van der Waals surface area contributed by atoms with Gasteiger partial charge in [-0.05, 0) is 19.4 Å². The summed E-state index contributed by atoms with van der Waals surface area (Å²) in [6, 6.07) is 0.753. The van der Waals surface area contributed by atoms with Crippen molar-refractivity contribution < 1.29 is 4.74 Å². The second-order valence-electron chi connectivity index (χ2n) is 3.71. The summed E-state index contributed by atoms with van der Waals surface area (Å²) >= 11 is 0. The van der Waals surface area contributed by atoms with E-state index in [0.29, 0.717) is 0 Å². The number of hydrogen-bond acceptors (Lipinski definition) is 3. The maximum atomic E-state index is 5.30. The number of morpholine rings is 1. The van der Waals surface area contributed by atoms with Gasteiger partial charge in [0.05, 0.1) is 13.2 Å². The first-order chi connectivity index (χ1) is 5.95. The number of nitrogens with zero attached hydrogens (tertiary/aromatic N) is 1. The Morgan fingerprint density at radius 2 is 2.17 bits per heavy atom. The molecule has 0 radical (unpaired) electrons. The molecule has 1 N–H and O–H groups in total. The third-order valence-electron chi connectivity index (χ3n) is 2.74. The van der Waals surface area contributed by atoms with Crippen LogP contribution in [0.25, 0.3) is 0 Å². The molecule has 2 aliphatic rings. The highest BCUT2D eigenvalue weighted by molar-refractivity contribution is 4.78. The highest BCUT2D eigenvalue weighted by Crippen LogP contribution is 2.07. The van der Waals surface area contributed by atoms with Crippen molar-refractivity contribution in [2.75, 3.05) is 39.4 Å². The van der Waals surface area contributed by atoms with Gasteiger partial charge in [-0.3, -0.25) is 4.90 Å². The molecule has 0 saturated carbocycles. The van der Waals surface area contributed by atoms with E-state index in [1.54, 1.807) is 0 Å². The van der Waals surface area contributed by atoms with Gasteiger partial charge in [-0.2, -0.15) is 0 Å². The Balaban J connectivity index is 1.69. The van der Waals surface area contributed by atoms with Crippen molar-refractivity contribution in [2.45, 2.75) is 18.9 Å². The van der Waals surface area contributed by atoms with E-state index in [4.69, 9.17) is 4.74 Å². The van der Waals surface area contributed by atoms with Crippen LogP contribution in [0, 0.1) is 0 Å². The van der Waals surface area contributed by atoms with Gasteiger partial charge < -0.3 is 10.1 Å². The third-order valence-corrected chi connectivity index (χ3v) is 2.74. The lowest BCUT2D eigenvalue weighted by Gasteiger charge is -2.28. The number of hydrogen-bond donors (Lipinski definition) is 1. The molecule has 0 aliphatic carbocycles. The number of rotatable bonds is 2. The van der Waals surface area contributed by atoms with Crippen LogP contribution in [-0.2, 0) is 4.74 Å². The van der Waals surface area contributed by atoms with E-state index in [1.165, 1.54) is 25.9 Å². The van der Waals surface area contributed by atoms with Crippen LogP contribution in [-0.4, -0.2) is 50.3 Å². The van der Waals surface area contributed by atoms with Crippen LogP contribution >= 0.6 is 0 Å². The van der Waals surface area contributed by atoms with Gasteiger partial charge in [0.25, 0.3) is 0 Å². The van der Waals surface area contributed by atoms with Crippen LogP contribution in [0.2, 0.25) is 0 Å². The second-order valence-corrected chi connectivity index (χ2v) is 3.71. The van der Waals surface area contributed by atoms with E-state index in [9.17, 15) is 0 Å². The molecule has 0 aromatic heterocycles. The Kier molecular flexibility index (Phi) is 2.98. The first-order valence-corrected chi connectivity index (χ1v) is 4.98. The van der Waals surface area contributed by atoms with Crippen LogP contribution in [0.5, 0.6) is 0 Å². The molecule has 3 nitrogen and oxygen atoms in total. The van der Waals surface area contributed by atoms with Crippen LogP contribution in [0.4, 0.5) is 0 Å². The van der Waals surface area contributed by atoms with Crippen molar-refractivity contribution in [3.63, 3.8) is 0 Å². The van der Waals surface area contributed by atoms with Crippen molar-refractivity contribution in [3.05, 3.63) is 0 Å². The Labute approximate surface area is 74.1 Å². The zero-order chi connectivity index (χ0) is 8.23. The molecule has 0 bridgehead atoms. The molecular weight excluding hydrogens is 152 g/mol. The van der Waals surface area contributed by atoms with E-state index in [1.807, 2.05) is 0 Å². The van der Waals surface area contributed by atoms with E-state index < -0.39 is 0 Å². The van der Waals surface area contributed by atoms with Crippen LogP contribution in [0.1, 0.15) is 12.8 Å². The smallest absolute Gasteiger partial charge is 0.0594 e. The molecule has 2 saturated heterocycles. The standard InChI is InChI=1S/C9H18N2O/c1-2-9(10-3-1)8-11-4-6-12-7-5-11/h9-10H,1-8H2. The van der Waals surface area contributed by atoms with Gasteiger partial charge in [0.1, 0.15) is 0 Å². The lowest BCUT2D eigenvalue weighted by Crippen LogP contribution is -2.43. The van der Waals surface area contributed by atoms with Gasteiger partial charge in [0.2, 0.25) is 0 Å². The van der Waals surface area contributed by atoms with Crippen LogP contribution in [0.15, 0.2) is 0 Å². The molecule has 0 amide bonds. The topological polar surface area (TPSA) is 24.5 Å². The Hall–Kier alpha value is -0.120.